The van der Waals surface area contributed by atoms with E-state index >= 15 is 0 Å². The van der Waals surface area contributed by atoms with Gasteiger partial charge in [-0.1, -0.05) is 17.7 Å². The number of nitrogens with one attached hydrogen (secondary N) is 1. The third-order valence-corrected chi connectivity index (χ3v) is 8.43. The number of rotatable bonds is 9. The predicted octanol–water partition coefficient (Wildman–Crippen LogP) is 3.91. The molecule has 1 amide bonds. The molecule has 3 aliphatic rings. The number of aromatic nitrogens is 2. The van der Waals surface area contributed by atoms with Gasteiger partial charge in [0.05, 0.1) is 34.8 Å². The van der Waals surface area contributed by atoms with Crippen molar-refractivity contribution in [2.75, 3.05) is 37.6 Å². The Morgan fingerprint density at radius 1 is 1.16 bits per heavy atom. The number of benzene rings is 2. The van der Waals surface area contributed by atoms with Crippen LogP contribution in [0.1, 0.15) is 43.8 Å². The van der Waals surface area contributed by atoms with Gasteiger partial charge in [-0.3, -0.25) is 9.48 Å². The molecule has 2 saturated heterocycles. The van der Waals surface area contributed by atoms with E-state index in [1.54, 1.807) is 6.07 Å². The third kappa shape index (κ3) is 5.48. The highest BCUT2D eigenvalue weighted by atomic mass is 35.5. The summed E-state index contributed by atoms with van der Waals surface area (Å²) in [5.41, 5.74) is 2.88. The number of aryl methyl sites for hydroxylation is 1. The predicted molar refractivity (Wildman–Crippen MR) is 149 cm³/mol. The first-order valence-corrected chi connectivity index (χ1v) is 14.2. The summed E-state index contributed by atoms with van der Waals surface area (Å²) in [7, 11) is 1.94. The van der Waals surface area contributed by atoms with Crippen molar-refractivity contribution in [3.05, 3.63) is 53.2 Å². The van der Waals surface area contributed by atoms with Crippen molar-refractivity contribution in [3.63, 3.8) is 0 Å². The lowest BCUT2D eigenvalue weighted by Crippen LogP contribution is -2.48. The highest BCUT2D eigenvalue weighted by Crippen LogP contribution is 2.34. The van der Waals surface area contributed by atoms with Crippen LogP contribution in [0.4, 0.5) is 5.69 Å². The lowest BCUT2D eigenvalue weighted by molar-refractivity contribution is -0.126. The Labute approximate surface area is 228 Å². The molecule has 6 rings (SSSR count). The molecule has 3 fully saturated rings. The van der Waals surface area contributed by atoms with Crippen LogP contribution in [-0.2, 0) is 11.8 Å². The fraction of sp³-hybridized carbons (Fsp3) is 0.517. The highest BCUT2D eigenvalue weighted by molar-refractivity contribution is 6.32. The van der Waals surface area contributed by atoms with Gasteiger partial charge in [0.15, 0.2) is 0 Å². The number of carbonyl (C=O) groups excluding carboxylic acids is 1. The van der Waals surface area contributed by atoms with Crippen molar-refractivity contribution in [1.29, 1.82) is 0 Å². The number of fused-ring (bicyclic) bond motifs is 1. The molecule has 3 atom stereocenters. The molecule has 0 bridgehead atoms. The van der Waals surface area contributed by atoms with Gasteiger partial charge in [-0.25, -0.2) is 0 Å². The highest BCUT2D eigenvalue weighted by Gasteiger charge is 2.33. The van der Waals surface area contributed by atoms with Gasteiger partial charge in [0, 0.05) is 37.8 Å². The molecule has 0 spiro atoms. The number of carbonyl (C=O) groups is 1. The molecule has 3 aromatic rings. The first kappa shape index (κ1) is 25.5. The average Bonchev–Trinajstić information content (AvgIpc) is 3.27. The zero-order valence-electron chi connectivity index (χ0n) is 21.9. The number of hydrogen-bond donors (Lipinski definition) is 2. The first-order valence-electron chi connectivity index (χ1n) is 13.8. The lowest BCUT2D eigenvalue weighted by Gasteiger charge is -2.30. The standard InChI is InChI=1S/C29H36ClN5O3/c1-33-26-15-22(6-4-20(26)16-31-33)35-13-10-21(17-35)29(37)32-25(18-34-11-2-3-12-34)28(36)19-5-9-27(24(30)14-19)38-23-7-8-23/h4-6,9,14-16,21,23,25,28,36H,2-3,7-8,10-13,17-18H2,1H3,(H,32,37)/t21-,25-,28-/m1/s1. The van der Waals surface area contributed by atoms with Gasteiger partial charge in [0.2, 0.25) is 5.91 Å². The van der Waals surface area contributed by atoms with E-state index in [2.05, 4.69) is 38.4 Å². The van der Waals surface area contributed by atoms with Crippen molar-refractivity contribution >= 4 is 34.1 Å². The maximum Gasteiger partial charge on any atom is 0.225 e. The number of aliphatic hydroxyl groups excluding tert-OH is 1. The van der Waals surface area contributed by atoms with E-state index in [1.807, 2.05) is 30.1 Å². The zero-order valence-corrected chi connectivity index (χ0v) is 22.6. The summed E-state index contributed by atoms with van der Waals surface area (Å²) in [6.45, 7) is 4.06. The van der Waals surface area contributed by atoms with Crippen LogP contribution in [0.2, 0.25) is 5.02 Å². The lowest BCUT2D eigenvalue weighted by atomic mass is 10.00. The Bertz CT molecular complexity index is 1300. The third-order valence-electron chi connectivity index (χ3n) is 8.13. The molecule has 38 heavy (non-hydrogen) atoms. The van der Waals surface area contributed by atoms with Crippen molar-refractivity contribution in [2.24, 2.45) is 13.0 Å². The fourth-order valence-corrected chi connectivity index (χ4v) is 5.93. The Morgan fingerprint density at radius 2 is 1.97 bits per heavy atom. The maximum atomic E-state index is 13.5. The molecule has 1 saturated carbocycles. The molecular formula is C29H36ClN5O3. The summed E-state index contributed by atoms with van der Waals surface area (Å²) >= 11 is 6.50. The number of likely N-dealkylation sites (tertiary alicyclic amines) is 1. The normalized spacial score (nSPS) is 21.7. The summed E-state index contributed by atoms with van der Waals surface area (Å²) in [6, 6.07) is 11.4. The van der Waals surface area contributed by atoms with Crippen LogP contribution in [0.5, 0.6) is 5.75 Å². The topological polar surface area (TPSA) is 82.9 Å². The summed E-state index contributed by atoms with van der Waals surface area (Å²) in [6.07, 6.45) is 6.44. The summed E-state index contributed by atoms with van der Waals surface area (Å²) < 4.78 is 7.74. The number of aliphatic hydroxyl groups is 1. The number of anilines is 1. The second kappa shape index (κ2) is 10.8. The molecular weight excluding hydrogens is 502 g/mol. The Hall–Kier alpha value is -2.81. The number of halogens is 1. The van der Waals surface area contributed by atoms with Crippen LogP contribution in [0.3, 0.4) is 0 Å². The SMILES string of the molecule is Cn1ncc2ccc(N3CC[C@@H](C(=O)N[C@H](CN4CCCC4)[C@H](O)c4ccc(OC5CC5)c(Cl)c4)C3)cc21. The van der Waals surface area contributed by atoms with Crippen LogP contribution in [0.25, 0.3) is 10.9 Å². The Balaban J connectivity index is 1.14. The quantitative estimate of drug-likeness (QED) is 0.431. The van der Waals surface area contributed by atoms with E-state index < -0.39 is 12.1 Å². The molecule has 2 N–H and O–H groups in total. The number of hydrogen-bond acceptors (Lipinski definition) is 6. The van der Waals surface area contributed by atoms with E-state index in [4.69, 9.17) is 16.3 Å². The molecule has 8 nitrogen and oxygen atoms in total. The van der Waals surface area contributed by atoms with E-state index in [9.17, 15) is 9.90 Å². The summed E-state index contributed by atoms with van der Waals surface area (Å²) in [5.74, 6) is 0.515. The molecule has 0 radical (unpaired) electrons. The summed E-state index contributed by atoms with van der Waals surface area (Å²) in [4.78, 5) is 18.1. The number of ether oxygens (including phenoxy) is 1. The zero-order chi connectivity index (χ0) is 26.2. The molecule has 1 aliphatic carbocycles. The smallest absolute Gasteiger partial charge is 0.225 e. The van der Waals surface area contributed by atoms with Crippen molar-refractivity contribution < 1.29 is 14.6 Å². The van der Waals surface area contributed by atoms with Gasteiger partial charge in [-0.05, 0) is 81.1 Å². The Morgan fingerprint density at radius 3 is 2.74 bits per heavy atom. The van der Waals surface area contributed by atoms with Gasteiger partial charge in [-0.2, -0.15) is 5.10 Å². The van der Waals surface area contributed by atoms with Gasteiger partial charge >= 0.3 is 0 Å². The minimum Gasteiger partial charge on any atom is -0.489 e. The van der Waals surface area contributed by atoms with Crippen molar-refractivity contribution in [1.82, 2.24) is 20.0 Å². The largest absolute Gasteiger partial charge is 0.489 e. The Kier molecular flexibility index (Phi) is 7.20. The molecule has 3 heterocycles. The minimum atomic E-state index is -0.864. The molecule has 9 heteroatoms. The van der Waals surface area contributed by atoms with Crippen LogP contribution in [0.15, 0.2) is 42.6 Å². The molecule has 202 valence electrons. The minimum absolute atomic E-state index is 0.00265. The van der Waals surface area contributed by atoms with Crippen LogP contribution < -0.4 is 15.0 Å². The van der Waals surface area contributed by atoms with E-state index in [0.29, 0.717) is 29.4 Å². The van der Waals surface area contributed by atoms with Gasteiger partial charge in [-0.15, -0.1) is 0 Å². The second-order valence-corrected chi connectivity index (χ2v) is 11.4. The van der Waals surface area contributed by atoms with E-state index in [-0.39, 0.29) is 17.9 Å². The molecule has 1 aromatic heterocycles. The van der Waals surface area contributed by atoms with E-state index in [0.717, 1.165) is 68.3 Å². The second-order valence-electron chi connectivity index (χ2n) is 11.0. The number of amides is 1. The van der Waals surface area contributed by atoms with Crippen LogP contribution in [0, 0.1) is 5.92 Å². The van der Waals surface area contributed by atoms with Gasteiger partial charge in [0.25, 0.3) is 0 Å². The maximum absolute atomic E-state index is 13.5. The summed E-state index contributed by atoms with van der Waals surface area (Å²) in [5, 5.41) is 20.6. The average molecular weight is 538 g/mol. The van der Waals surface area contributed by atoms with Gasteiger partial charge in [0.1, 0.15) is 11.9 Å². The first-order chi connectivity index (χ1) is 18.4. The van der Waals surface area contributed by atoms with Crippen LogP contribution in [-0.4, -0.2) is 70.6 Å². The molecule has 0 unspecified atom stereocenters. The van der Waals surface area contributed by atoms with Crippen molar-refractivity contribution in [2.45, 2.75) is 50.4 Å². The number of nitrogens with zero attached hydrogens (tertiary/aromatic N) is 4. The monoisotopic (exact) mass is 537 g/mol. The fourth-order valence-electron chi connectivity index (χ4n) is 5.70. The van der Waals surface area contributed by atoms with Crippen molar-refractivity contribution in [3.8, 4) is 5.75 Å². The molecule has 2 aromatic carbocycles. The molecule has 2 aliphatic heterocycles. The van der Waals surface area contributed by atoms with E-state index in [1.165, 1.54) is 0 Å². The van der Waals surface area contributed by atoms with Gasteiger partial charge < -0.3 is 25.0 Å². The van der Waals surface area contributed by atoms with Crippen LogP contribution >= 0.6 is 11.6 Å².